The first-order valence-corrected chi connectivity index (χ1v) is 7.79. The van der Waals surface area contributed by atoms with Gasteiger partial charge in [0.15, 0.2) is 0 Å². The van der Waals surface area contributed by atoms with Crippen LogP contribution in [0.4, 0.5) is 5.69 Å². The van der Waals surface area contributed by atoms with E-state index >= 15 is 0 Å². The van der Waals surface area contributed by atoms with E-state index in [1.54, 1.807) is 0 Å². The van der Waals surface area contributed by atoms with E-state index in [9.17, 15) is 0 Å². The zero-order valence-electron chi connectivity index (χ0n) is 9.22. The summed E-state index contributed by atoms with van der Waals surface area (Å²) in [6.45, 7) is 2.02. The molecule has 1 unspecified atom stereocenters. The Morgan fingerprint density at radius 3 is 3.00 bits per heavy atom. The van der Waals surface area contributed by atoms with Crippen molar-refractivity contribution in [2.45, 2.75) is 25.8 Å². The molecule has 1 fully saturated rings. The lowest BCUT2D eigenvalue weighted by molar-refractivity contribution is 0.685. The molecule has 16 heavy (non-hydrogen) atoms. The molecule has 0 radical (unpaired) electrons. The quantitative estimate of drug-likeness (QED) is 0.846. The number of thioether (sulfide) groups is 1. The number of hydrogen-bond donors (Lipinski definition) is 1. The molecule has 0 saturated carbocycles. The molecule has 0 amide bonds. The van der Waals surface area contributed by atoms with Crippen LogP contribution in [0.3, 0.4) is 0 Å². The van der Waals surface area contributed by atoms with Gasteiger partial charge in [0.25, 0.3) is 0 Å². The summed E-state index contributed by atoms with van der Waals surface area (Å²) in [5.41, 5.74) is 2.22. The third-order valence-electron chi connectivity index (χ3n) is 2.77. The van der Waals surface area contributed by atoms with E-state index in [2.05, 4.69) is 27.3 Å². The molecule has 1 aromatic rings. The first-order valence-electron chi connectivity index (χ1n) is 5.47. The number of halogens is 2. The van der Waals surface area contributed by atoms with E-state index in [0.29, 0.717) is 6.04 Å². The second kappa shape index (κ2) is 5.65. The molecule has 1 aliphatic rings. The summed E-state index contributed by atoms with van der Waals surface area (Å²) in [6.07, 6.45) is 2.56. The van der Waals surface area contributed by atoms with Crippen molar-refractivity contribution in [2.75, 3.05) is 16.8 Å². The second-order valence-electron chi connectivity index (χ2n) is 4.14. The van der Waals surface area contributed by atoms with E-state index in [-0.39, 0.29) is 0 Å². The van der Waals surface area contributed by atoms with E-state index in [1.165, 1.54) is 24.3 Å². The summed E-state index contributed by atoms with van der Waals surface area (Å²) in [4.78, 5) is 0. The van der Waals surface area contributed by atoms with Gasteiger partial charge in [-0.2, -0.15) is 11.8 Å². The third kappa shape index (κ3) is 3.08. The molecule has 2 rings (SSSR count). The van der Waals surface area contributed by atoms with Crippen molar-refractivity contribution in [3.05, 3.63) is 27.2 Å². The van der Waals surface area contributed by atoms with Crippen LogP contribution in [0.25, 0.3) is 0 Å². The minimum Gasteiger partial charge on any atom is -0.381 e. The zero-order chi connectivity index (χ0) is 11.5. The standard InChI is InChI=1S/C12H15BrClNS/c1-8-5-10(13)12(6-11(8)14)15-9-3-2-4-16-7-9/h5-6,9,15H,2-4,7H2,1H3. The van der Waals surface area contributed by atoms with Gasteiger partial charge in [-0.3, -0.25) is 0 Å². The lowest BCUT2D eigenvalue weighted by atomic mass is 10.1. The van der Waals surface area contributed by atoms with Gasteiger partial charge in [-0.05, 0) is 59.1 Å². The van der Waals surface area contributed by atoms with Crippen LogP contribution < -0.4 is 5.32 Å². The van der Waals surface area contributed by atoms with Crippen LogP contribution in [0.15, 0.2) is 16.6 Å². The van der Waals surface area contributed by atoms with Gasteiger partial charge >= 0.3 is 0 Å². The number of aryl methyl sites for hydroxylation is 1. The molecular formula is C12H15BrClNS. The van der Waals surface area contributed by atoms with Crippen LogP contribution >= 0.6 is 39.3 Å². The van der Waals surface area contributed by atoms with Gasteiger partial charge in [-0.1, -0.05) is 11.6 Å². The Labute approximate surface area is 114 Å². The summed E-state index contributed by atoms with van der Waals surface area (Å²) in [6, 6.07) is 4.66. The Balaban J connectivity index is 2.11. The number of benzene rings is 1. The van der Waals surface area contributed by atoms with Gasteiger partial charge in [0.05, 0.1) is 5.69 Å². The highest BCUT2D eigenvalue weighted by Crippen LogP contribution is 2.31. The Kier molecular flexibility index (Phi) is 4.45. The van der Waals surface area contributed by atoms with Crippen LogP contribution in [0.5, 0.6) is 0 Å². The molecule has 1 saturated heterocycles. The van der Waals surface area contributed by atoms with Crippen LogP contribution in [0.2, 0.25) is 5.02 Å². The van der Waals surface area contributed by atoms with Crippen molar-refractivity contribution in [1.82, 2.24) is 0 Å². The number of hydrogen-bond acceptors (Lipinski definition) is 2. The molecule has 1 aliphatic heterocycles. The normalized spacial score (nSPS) is 20.8. The van der Waals surface area contributed by atoms with Crippen molar-refractivity contribution in [3.63, 3.8) is 0 Å². The van der Waals surface area contributed by atoms with Crippen molar-refractivity contribution in [2.24, 2.45) is 0 Å². The third-order valence-corrected chi connectivity index (χ3v) is 5.05. The van der Waals surface area contributed by atoms with E-state index in [4.69, 9.17) is 11.6 Å². The van der Waals surface area contributed by atoms with Gasteiger partial charge in [-0.15, -0.1) is 0 Å². The van der Waals surface area contributed by atoms with Gasteiger partial charge in [0, 0.05) is 21.3 Å². The first kappa shape index (κ1) is 12.6. The number of rotatable bonds is 2. The fourth-order valence-electron chi connectivity index (χ4n) is 1.83. The molecule has 4 heteroatoms. The molecule has 1 aromatic carbocycles. The monoisotopic (exact) mass is 319 g/mol. The molecule has 1 nitrogen and oxygen atoms in total. The zero-order valence-corrected chi connectivity index (χ0v) is 12.4. The smallest absolute Gasteiger partial charge is 0.0502 e. The lowest BCUT2D eigenvalue weighted by Crippen LogP contribution is -2.25. The molecule has 1 atom stereocenters. The topological polar surface area (TPSA) is 12.0 Å². The van der Waals surface area contributed by atoms with Crippen LogP contribution in [0, 0.1) is 6.92 Å². The Morgan fingerprint density at radius 1 is 1.50 bits per heavy atom. The SMILES string of the molecule is Cc1cc(Br)c(NC2CCCSC2)cc1Cl. The molecule has 0 spiro atoms. The Morgan fingerprint density at radius 2 is 2.31 bits per heavy atom. The van der Waals surface area contributed by atoms with Crippen molar-refractivity contribution >= 4 is 45.0 Å². The summed E-state index contributed by atoms with van der Waals surface area (Å²) < 4.78 is 1.10. The molecule has 0 aromatic heterocycles. The van der Waals surface area contributed by atoms with E-state index in [0.717, 1.165) is 20.7 Å². The second-order valence-corrected chi connectivity index (χ2v) is 6.55. The van der Waals surface area contributed by atoms with E-state index in [1.807, 2.05) is 24.8 Å². The fraction of sp³-hybridized carbons (Fsp3) is 0.500. The summed E-state index contributed by atoms with van der Waals surface area (Å²) in [5, 5.41) is 4.39. The maximum Gasteiger partial charge on any atom is 0.0502 e. The summed E-state index contributed by atoms with van der Waals surface area (Å²) in [5.74, 6) is 2.49. The van der Waals surface area contributed by atoms with Crippen molar-refractivity contribution < 1.29 is 0 Å². The van der Waals surface area contributed by atoms with Crippen molar-refractivity contribution in [1.29, 1.82) is 0 Å². The van der Waals surface area contributed by atoms with Crippen LogP contribution in [-0.2, 0) is 0 Å². The number of anilines is 1. The van der Waals surface area contributed by atoms with Crippen LogP contribution in [-0.4, -0.2) is 17.5 Å². The predicted octanol–water partition coefficient (Wildman–Crippen LogP) is 4.72. The van der Waals surface area contributed by atoms with Gasteiger partial charge in [0.2, 0.25) is 0 Å². The predicted molar refractivity (Wildman–Crippen MR) is 77.9 cm³/mol. The van der Waals surface area contributed by atoms with Crippen molar-refractivity contribution in [3.8, 4) is 0 Å². The number of nitrogens with one attached hydrogen (secondary N) is 1. The highest BCUT2D eigenvalue weighted by atomic mass is 79.9. The van der Waals surface area contributed by atoms with Gasteiger partial charge in [-0.25, -0.2) is 0 Å². The minimum atomic E-state index is 0.578. The average Bonchev–Trinajstić information content (AvgIpc) is 2.27. The molecule has 0 bridgehead atoms. The van der Waals surface area contributed by atoms with Gasteiger partial charge < -0.3 is 5.32 Å². The minimum absolute atomic E-state index is 0.578. The summed E-state index contributed by atoms with van der Waals surface area (Å²) in [7, 11) is 0. The maximum absolute atomic E-state index is 6.14. The maximum atomic E-state index is 6.14. The molecule has 1 N–H and O–H groups in total. The molecule has 88 valence electrons. The van der Waals surface area contributed by atoms with Gasteiger partial charge in [0.1, 0.15) is 0 Å². The lowest BCUT2D eigenvalue weighted by Gasteiger charge is -2.24. The Bertz CT molecular complexity index is 378. The first-order chi connectivity index (χ1) is 7.66. The molecule has 0 aliphatic carbocycles. The largest absolute Gasteiger partial charge is 0.381 e. The molecular weight excluding hydrogens is 306 g/mol. The fourth-order valence-corrected chi connectivity index (χ4v) is 3.64. The van der Waals surface area contributed by atoms with Crippen LogP contribution in [0.1, 0.15) is 18.4 Å². The molecule has 1 heterocycles. The Hall–Kier alpha value is 0.140. The van der Waals surface area contributed by atoms with E-state index < -0.39 is 0 Å². The highest BCUT2D eigenvalue weighted by molar-refractivity contribution is 9.10. The average molecular weight is 321 g/mol. The highest BCUT2D eigenvalue weighted by Gasteiger charge is 2.15. The summed E-state index contributed by atoms with van der Waals surface area (Å²) >= 11 is 11.7.